The van der Waals surface area contributed by atoms with Gasteiger partial charge in [0.15, 0.2) is 0 Å². The van der Waals surface area contributed by atoms with Crippen LogP contribution in [0.3, 0.4) is 0 Å². The molecule has 0 aliphatic carbocycles. The first-order chi connectivity index (χ1) is 12.1. The van der Waals surface area contributed by atoms with E-state index in [-0.39, 0.29) is 23.9 Å². The Labute approximate surface area is 146 Å². The van der Waals surface area contributed by atoms with Gasteiger partial charge in [0.05, 0.1) is 30.0 Å². The first-order valence-corrected chi connectivity index (χ1v) is 8.65. The number of amides is 1. The predicted octanol–water partition coefficient (Wildman–Crippen LogP) is 2.26. The van der Waals surface area contributed by atoms with Crippen LogP contribution in [0.25, 0.3) is 0 Å². The van der Waals surface area contributed by atoms with Crippen molar-refractivity contribution in [2.75, 3.05) is 31.1 Å². The third kappa shape index (κ3) is 4.20. The van der Waals surface area contributed by atoms with Gasteiger partial charge in [0.25, 0.3) is 0 Å². The van der Waals surface area contributed by atoms with Crippen LogP contribution in [0.4, 0.5) is 14.9 Å². The van der Waals surface area contributed by atoms with E-state index in [1.165, 1.54) is 6.07 Å². The molecular weight excluding hydrogens is 325 g/mol. The first kappa shape index (κ1) is 17.5. The smallest absolute Gasteiger partial charge is 0.410 e. The van der Waals surface area contributed by atoms with E-state index < -0.39 is 5.82 Å². The summed E-state index contributed by atoms with van der Waals surface area (Å²) in [6.07, 6.45) is 1.70. The van der Waals surface area contributed by atoms with Gasteiger partial charge in [-0.2, -0.15) is 5.26 Å². The zero-order chi connectivity index (χ0) is 17.8. The Morgan fingerprint density at radius 2 is 2.04 bits per heavy atom. The first-order valence-electron chi connectivity index (χ1n) is 8.65. The Kier molecular flexibility index (Phi) is 5.39. The maximum absolute atomic E-state index is 14.2. The van der Waals surface area contributed by atoms with Crippen LogP contribution in [0, 0.1) is 17.1 Å². The minimum absolute atomic E-state index is 0.286. The van der Waals surface area contributed by atoms with E-state index in [9.17, 15) is 14.3 Å². The Morgan fingerprint density at radius 3 is 2.72 bits per heavy atom. The molecule has 1 amide bonds. The van der Waals surface area contributed by atoms with Crippen LogP contribution >= 0.6 is 0 Å². The molecule has 1 N–H and O–H groups in total. The van der Waals surface area contributed by atoms with Gasteiger partial charge in [0.1, 0.15) is 11.9 Å². The summed E-state index contributed by atoms with van der Waals surface area (Å²) in [5, 5.41) is 18.3. The number of likely N-dealkylation sites (tertiary alicyclic amines) is 1. The zero-order valence-electron chi connectivity index (χ0n) is 14.0. The fourth-order valence-electron chi connectivity index (χ4n) is 3.35. The largest absolute Gasteiger partial charge is 0.444 e. The second kappa shape index (κ2) is 7.70. The number of anilines is 1. The topological polar surface area (TPSA) is 76.8 Å². The lowest BCUT2D eigenvalue weighted by Crippen LogP contribution is -2.45. The van der Waals surface area contributed by atoms with Crippen molar-refractivity contribution in [3.8, 4) is 6.07 Å². The predicted molar refractivity (Wildman–Crippen MR) is 89.6 cm³/mol. The average molecular weight is 347 g/mol. The van der Waals surface area contributed by atoms with Gasteiger partial charge in [-0.05, 0) is 43.9 Å². The summed E-state index contributed by atoms with van der Waals surface area (Å²) in [6, 6.07) is 6.34. The summed E-state index contributed by atoms with van der Waals surface area (Å²) in [7, 11) is 0. The monoisotopic (exact) mass is 347 g/mol. The molecule has 0 aromatic heterocycles. The number of halogens is 1. The van der Waals surface area contributed by atoms with Crippen molar-refractivity contribution >= 4 is 11.8 Å². The van der Waals surface area contributed by atoms with E-state index in [2.05, 4.69) is 0 Å². The van der Waals surface area contributed by atoms with Crippen LogP contribution in [0.2, 0.25) is 0 Å². The van der Waals surface area contributed by atoms with Gasteiger partial charge in [-0.1, -0.05) is 0 Å². The van der Waals surface area contributed by atoms with E-state index in [4.69, 9.17) is 10.00 Å². The van der Waals surface area contributed by atoms with Crippen molar-refractivity contribution in [2.45, 2.75) is 37.9 Å². The highest BCUT2D eigenvalue weighted by atomic mass is 19.1. The summed E-state index contributed by atoms with van der Waals surface area (Å²) in [4.78, 5) is 15.7. The molecular formula is C18H22FN3O3. The summed E-state index contributed by atoms with van der Waals surface area (Å²) in [5.74, 6) is -0.434. The number of nitrogens with zero attached hydrogens (tertiary/aromatic N) is 3. The number of nitriles is 1. The van der Waals surface area contributed by atoms with Crippen molar-refractivity contribution in [3.05, 3.63) is 29.6 Å². The molecule has 1 unspecified atom stereocenters. The molecule has 134 valence electrons. The molecule has 6 nitrogen and oxygen atoms in total. The van der Waals surface area contributed by atoms with Crippen molar-refractivity contribution in [2.24, 2.45) is 0 Å². The molecule has 7 heteroatoms. The van der Waals surface area contributed by atoms with Crippen LogP contribution in [0.1, 0.15) is 31.2 Å². The summed E-state index contributed by atoms with van der Waals surface area (Å²) >= 11 is 0. The summed E-state index contributed by atoms with van der Waals surface area (Å²) < 4.78 is 19.8. The highest BCUT2D eigenvalue weighted by Gasteiger charge is 2.28. The number of rotatable bonds is 2. The number of ether oxygens (including phenoxy) is 1. The second-order valence-corrected chi connectivity index (χ2v) is 6.59. The van der Waals surface area contributed by atoms with Gasteiger partial charge in [0.2, 0.25) is 0 Å². The van der Waals surface area contributed by atoms with Crippen LogP contribution in [0.15, 0.2) is 18.2 Å². The van der Waals surface area contributed by atoms with E-state index in [1.807, 2.05) is 11.0 Å². The molecule has 2 saturated heterocycles. The number of aliphatic hydroxyl groups excluding tert-OH is 1. The minimum atomic E-state index is -0.434. The summed E-state index contributed by atoms with van der Waals surface area (Å²) in [5.41, 5.74) is 0.717. The van der Waals surface area contributed by atoms with Crippen molar-refractivity contribution in [1.82, 2.24) is 4.90 Å². The highest BCUT2D eigenvalue weighted by Crippen LogP contribution is 2.25. The van der Waals surface area contributed by atoms with Crippen LogP contribution < -0.4 is 4.90 Å². The minimum Gasteiger partial charge on any atom is -0.444 e. The fraction of sp³-hybridized carbons (Fsp3) is 0.556. The molecule has 1 aromatic rings. The third-order valence-electron chi connectivity index (χ3n) is 4.79. The van der Waals surface area contributed by atoms with Crippen molar-refractivity contribution < 1.29 is 19.0 Å². The lowest BCUT2D eigenvalue weighted by molar-refractivity contribution is 0.0332. The van der Waals surface area contributed by atoms with Gasteiger partial charge < -0.3 is 19.6 Å². The number of benzene rings is 1. The number of carbonyl (C=O) groups is 1. The SMILES string of the molecule is N#Cc1ccc(N2CCCC(OC(=O)N3CCC(O)CC3)C2)c(F)c1. The van der Waals surface area contributed by atoms with E-state index in [0.717, 1.165) is 12.8 Å². The lowest BCUT2D eigenvalue weighted by Gasteiger charge is -2.36. The number of aliphatic hydroxyl groups is 1. The van der Waals surface area contributed by atoms with E-state index in [1.54, 1.807) is 17.0 Å². The Morgan fingerprint density at radius 1 is 1.28 bits per heavy atom. The zero-order valence-corrected chi connectivity index (χ0v) is 14.0. The molecule has 0 spiro atoms. The maximum Gasteiger partial charge on any atom is 0.410 e. The van der Waals surface area contributed by atoms with Crippen molar-refractivity contribution in [1.29, 1.82) is 5.26 Å². The molecule has 1 aromatic carbocycles. The van der Waals surface area contributed by atoms with E-state index >= 15 is 0 Å². The molecule has 0 saturated carbocycles. The number of carbonyl (C=O) groups excluding carboxylic acids is 1. The van der Waals surface area contributed by atoms with Gasteiger partial charge in [-0.3, -0.25) is 0 Å². The van der Waals surface area contributed by atoms with Crippen LogP contribution in [-0.4, -0.2) is 54.5 Å². The van der Waals surface area contributed by atoms with Gasteiger partial charge in [0, 0.05) is 19.6 Å². The molecule has 2 fully saturated rings. The van der Waals surface area contributed by atoms with Crippen molar-refractivity contribution in [3.63, 3.8) is 0 Å². The average Bonchev–Trinajstić information content (AvgIpc) is 2.62. The molecule has 2 heterocycles. The number of hydrogen-bond acceptors (Lipinski definition) is 5. The van der Waals surface area contributed by atoms with Crippen LogP contribution in [0.5, 0.6) is 0 Å². The third-order valence-corrected chi connectivity index (χ3v) is 4.79. The Bertz CT molecular complexity index is 668. The second-order valence-electron chi connectivity index (χ2n) is 6.59. The molecule has 0 radical (unpaired) electrons. The Balaban J connectivity index is 1.60. The molecule has 3 rings (SSSR count). The Hall–Kier alpha value is -2.33. The number of piperidine rings is 2. The lowest BCUT2D eigenvalue weighted by atomic mass is 10.1. The van der Waals surface area contributed by atoms with E-state index in [0.29, 0.717) is 44.7 Å². The molecule has 25 heavy (non-hydrogen) atoms. The van der Waals surface area contributed by atoms with Crippen LogP contribution in [-0.2, 0) is 4.74 Å². The normalized spacial score (nSPS) is 21.7. The van der Waals surface area contributed by atoms with Gasteiger partial charge in [-0.25, -0.2) is 9.18 Å². The van der Waals surface area contributed by atoms with Gasteiger partial charge in [-0.15, -0.1) is 0 Å². The molecule has 1 atom stereocenters. The summed E-state index contributed by atoms with van der Waals surface area (Å²) in [6.45, 7) is 2.12. The quantitative estimate of drug-likeness (QED) is 0.888. The molecule has 2 aliphatic rings. The standard InChI is InChI=1S/C18H22FN3O3/c19-16-10-13(11-20)3-4-17(16)22-7-1-2-15(12-22)25-18(24)21-8-5-14(23)6-9-21/h3-4,10,14-15,23H,1-2,5-9,12H2. The van der Waals surface area contributed by atoms with Gasteiger partial charge >= 0.3 is 6.09 Å². The fourth-order valence-corrected chi connectivity index (χ4v) is 3.35. The molecule has 0 bridgehead atoms. The highest BCUT2D eigenvalue weighted by molar-refractivity contribution is 5.68. The number of hydrogen-bond donors (Lipinski definition) is 1. The molecule has 2 aliphatic heterocycles. The maximum atomic E-state index is 14.2.